The highest BCUT2D eigenvalue weighted by Gasteiger charge is 2.23. The van der Waals surface area contributed by atoms with Gasteiger partial charge in [-0.05, 0) is 100 Å². The zero-order chi connectivity index (χ0) is 25.3. The van der Waals surface area contributed by atoms with Crippen LogP contribution in [-0.2, 0) is 11.2 Å². The minimum atomic E-state index is 0.133. The number of benzene rings is 1. The molecular weight excluding hydrogens is 434 g/mol. The summed E-state index contributed by atoms with van der Waals surface area (Å²) in [5, 5.41) is 9.12. The van der Waals surface area contributed by atoms with Crippen LogP contribution in [0.15, 0.2) is 18.2 Å². The lowest BCUT2D eigenvalue weighted by Crippen LogP contribution is -2.32. The normalized spacial score (nSPS) is 16.5. The summed E-state index contributed by atoms with van der Waals surface area (Å²) in [6.07, 6.45) is 2.36. The maximum absolute atomic E-state index is 12.7. The number of nitrogens with one attached hydrogen (secondary N) is 1. The highest BCUT2D eigenvalue weighted by molar-refractivity contribution is 5.85. The molecule has 35 heavy (non-hydrogen) atoms. The standard InChI is InChI=1S/C29H41N5O/c1-18(2)16-33-13-12-24(17-33)15-30-27(35)11-10-26-21(5)28-23(7)32-34(29(28)31-22(26)6)25-9-8-19(3)20(4)14-25/h8-9,14,18,24H,10-13,15-17H2,1-7H3,(H,30,35). The molecule has 1 atom stereocenters. The van der Waals surface area contributed by atoms with E-state index < -0.39 is 0 Å². The number of rotatable bonds is 8. The molecule has 0 radical (unpaired) electrons. The van der Waals surface area contributed by atoms with Gasteiger partial charge >= 0.3 is 0 Å². The van der Waals surface area contributed by atoms with Gasteiger partial charge in [-0.15, -0.1) is 0 Å². The van der Waals surface area contributed by atoms with Crippen LogP contribution in [0.5, 0.6) is 0 Å². The number of hydrogen-bond donors (Lipinski definition) is 1. The molecule has 3 aromatic rings. The fraction of sp³-hybridized carbons (Fsp3) is 0.552. The monoisotopic (exact) mass is 475 g/mol. The molecule has 3 heterocycles. The highest BCUT2D eigenvalue weighted by atomic mass is 16.1. The van der Waals surface area contributed by atoms with Gasteiger partial charge in [-0.1, -0.05) is 19.9 Å². The predicted molar refractivity (Wildman–Crippen MR) is 143 cm³/mol. The zero-order valence-electron chi connectivity index (χ0n) is 22.5. The average Bonchev–Trinajstić information content (AvgIpc) is 3.37. The molecule has 4 rings (SSSR count). The molecule has 0 spiro atoms. The summed E-state index contributed by atoms with van der Waals surface area (Å²) >= 11 is 0. The molecule has 1 aromatic carbocycles. The first kappa shape index (κ1) is 25.4. The van der Waals surface area contributed by atoms with Crippen LogP contribution in [0.2, 0.25) is 0 Å². The van der Waals surface area contributed by atoms with Gasteiger partial charge in [0, 0.05) is 37.1 Å². The summed E-state index contributed by atoms with van der Waals surface area (Å²) < 4.78 is 1.96. The Kier molecular flexibility index (Phi) is 7.60. The van der Waals surface area contributed by atoms with E-state index >= 15 is 0 Å². The molecule has 1 N–H and O–H groups in total. The van der Waals surface area contributed by atoms with Gasteiger partial charge in [0.1, 0.15) is 0 Å². The van der Waals surface area contributed by atoms with Crippen molar-refractivity contribution in [2.45, 2.75) is 67.7 Å². The van der Waals surface area contributed by atoms with E-state index in [1.165, 1.54) is 28.7 Å². The smallest absolute Gasteiger partial charge is 0.220 e. The third-order valence-corrected chi connectivity index (χ3v) is 7.49. The quantitative estimate of drug-likeness (QED) is 0.499. The van der Waals surface area contributed by atoms with Crippen molar-refractivity contribution in [1.82, 2.24) is 25.0 Å². The van der Waals surface area contributed by atoms with E-state index in [0.717, 1.165) is 54.3 Å². The summed E-state index contributed by atoms with van der Waals surface area (Å²) in [7, 11) is 0. The maximum atomic E-state index is 12.7. The van der Waals surface area contributed by atoms with E-state index in [1.54, 1.807) is 0 Å². The van der Waals surface area contributed by atoms with Crippen LogP contribution in [0.1, 0.15) is 60.3 Å². The summed E-state index contributed by atoms with van der Waals surface area (Å²) in [5.41, 5.74) is 8.74. The van der Waals surface area contributed by atoms with Gasteiger partial charge in [0.25, 0.3) is 0 Å². The first-order chi connectivity index (χ1) is 16.6. The molecule has 1 fully saturated rings. The molecule has 1 aliphatic rings. The molecule has 188 valence electrons. The van der Waals surface area contributed by atoms with Crippen LogP contribution in [0.25, 0.3) is 16.7 Å². The summed E-state index contributed by atoms with van der Waals surface area (Å²) in [6.45, 7) is 19.2. The number of hydrogen-bond acceptors (Lipinski definition) is 4. The number of carbonyl (C=O) groups is 1. The van der Waals surface area contributed by atoms with Crippen molar-refractivity contribution in [1.29, 1.82) is 0 Å². The Morgan fingerprint density at radius 3 is 2.60 bits per heavy atom. The lowest BCUT2D eigenvalue weighted by molar-refractivity contribution is -0.121. The summed E-state index contributed by atoms with van der Waals surface area (Å²) in [5.74, 6) is 1.39. The molecule has 1 unspecified atom stereocenters. The Morgan fingerprint density at radius 1 is 1.11 bits per heavy atom. The second-order valence-corrected chi connectivity index (χ2v) is 10.9. The van der Waals surface area contributed by atoms with Gasteiger partial charge in [-0.25, -0.2) is 9.67 Å². The molecule has 0 bridgehead atoms. The van der Waals surface area contributed by atoms with E-state index in [1.807, 2.05) is 11.6 Å². The Bertz CT molecular complexity index is 1230. The molecule has 6 nitrogen and oxygen atoms in total. The molecule has 0 saturated carbocycles. The van der Waals surface area contributed by atoms with Crippen LogP contribution >= 0.6 is 0 Å². The van der Waals surface area contributed by atoms with Crippen LogP contribution in [0, 0.1) is 46.5 Å². The highest BCUT2D eigenvalue weighted by Crippen LogP contribution is 2.29. The molecule has 0 aliphatic carbocycles. The first-order valence-electron chi connectivity index (χ1n) is 13.1. The number of amides is 1. The molecule has 1 aliphatic heterocycles. The van der Waals surface area contributed by atoms with Crippen molar-refractivity contribution in [3.63, 3.8) is 0 Å². The van der Waals surface area contributed by atoms with Gasteiger partial charge < -0.3 is 10.2 Å². The van der Waals surface area contributed by atoms with Gasteiger partial charge in [0.15, 0.2) is 5.65 Å². The fourth-order valence-electron chi connectivity index (χ4n) is 5.46. The Labute approximate surface area is 210 Å². The van der Waals surface area contributed by atoms with E-state index in [2.05, 4.69) is 70.0 Å². The molecular formula is C29H41N5O. The first-order valence-corrected chi connectivity index (χ1v) is 13.1. The Morgan fingerprint density at radius 2 is 1.89 bits per heavy atom. The zero-order valence-corrected chi connectivity index (χ0v) is 22.5. The minimum absolute atomic E-state index is 0.133. The van der Waals surface area contributed by atoms with E-state index in [0.29, 0.717) is 24.7 Å². The van der Waals surface area contributed by atoms with Crippen molar-refractivity contribution in [3.05, 3.63) is 51.8 Å². The maximum Gasteiger partial charge on any atom is 0.220 e. The van der Waals surface area contributed by atoms with Gasteiger partial charge in [-0.3, -0.25) is 4.79 Å². The Hall–Kier alpha value is -2.73. The number of nitrogens with zero attached hydrogens (tertiary/aromatic N) is 4. The van der Waals surface area contributed by atoms with Gasteiger partial charge in [0.2, 0.25) is 5.91 Å². The van der Waals surface area contributed by atoms with E-state index in [-0.39, 0.29) is 5.91 Å². The van der Waals surface area contributed by atoms with E-state index in [4.69, 9.17) is 10.1 Å². The fourth-order valence-corrected chi connectivity index (χ4v) is 5.46. The third-order valence-electron chi connectivity index (χ3n) is 7.49. The second kappa shape index (κ2) is 10.5. The van der Waals surface area contributed by atoms with Crippen molar-refractivity contribution in [2.75, 3.05) is 26.2 Å². The van der Waals surface area contributed by atoms with E-state index in [9.17, 15) is 4.79 Å². The third kappa shape index (κ3) is 5.58. The molecule has 1 saturated heterocycles. The number of aryl methyl sites for hydroxylation is 5. The number of carbonyl (C=O) groups excluding carboxylic acids is 1. The number of likely N-dealkylation sites (tertiary alicyclic amines) is 1. The Balaban J connectivity index is 1.44. The second-order valence-electron chi connectivity index (χ2n) is 10.9. The topological polar surface area (TPSA) is 63.1 Å². The van der Waals surface area contributed by atoms with Crippen molar-refractivity contribution < 1.29 is 4.79 Å². The van der Waals surface area contributed by atoms with Crippen LogP contribution in [-0.4, -0.2) is 51.8 Å². The average molecular weight is 476 g/mol. The van der Waals surface area contributed by atoms with Crippen molar-refractivity contribution in [2.24, 2.45) is 11.8 Å². The summed E-state index contributed by atoms with van der Waals surface area (Å²) in [6, 6.07) is 6.40. The number of pyridine rings is 1. The lowest BCUT2D eigenvalue weighted by atomic mass is 9.99. The SMILES string of the molecule is Cc1ccc(-n2nc(C)c3c(C)c(CCC(=O)NCC4CCN(CC(C)C)C4)c(C)nc32)cc1C. The van der Waals surface area contributed by atoms with Crippen molar-refractivity contribution >= 4 is 16.9 Å². The van der Waals surface area contributed by atoms with Crippen LogP contribution in [0.3, 0.4) is 0 Å². The predicted octanol–water partition coefficient (Wildman–Crippen LogP) is 4.99. The number of aromatic nitrogens is 3. The minimum Gasteiger partial charge on any atom is -0.356 e. The van der Waals surface area contributed by atoms with Gasteiger partial charge in [0.05, 0.1) is 11.4 Å². The summed E-state index contributed by atoms with van der Waals surface area (Å²) in [4.78, 5) is 20.2. The molecule has 6 heteroatoms. The largest absolute Gasteiger partial charge is 0.356 e. The van der Waals surface area contributed by atoms with Gasteiger partial charge in [-0.2, -0.15) is 5.10 Å². The molecule has 2 aromatic heterocycles. The van der Waals surface area contributed by atoms with Crippen LogP contribution in [0.4, 0.5) is 0 Å². The van der Waals surface area contributed by atoms with Crippen LogP contribution < -0.4 is 5.32 Å². The number of fused-ring (bicyclic) bond motifs is 1. The lowest BCUT2D eigenvalue weighted by Gasteiger charge is -2.18. The van der Waals surface area contributed by atoms with Crippen molar-refractivity contribution in [3.8, 4) is 5.69 Å². The molecule has 1 amide bonds.